The van der Waals surface area contributed by atoms with Gasteiger partial charge in [0.1, 0.15) is 0 Å². The van der Waals surface area contributed by atoms with Gasteiger partial charge in [-0.3, -0.25) is 4.79 Å². The average molecular weight is 330 g/mol. The lowest BCUT2D eigenvalue weighted by Crippen LogP contribution is -2.27. The molecule has 0 aliphatic carbocycles. The fourth-order valence-corrected chi connectivity index (χ4v) is 2.95. The van der Waals surface area contributed by atoms with Crippen LogP contribution in [0.1, 0.15) is 46.1 Å². The minimum atomic E-state index is -0.198. The van der Waals surface area contributed by atoms with Gasteiger partial charge in [-0.2, -0.15) is 0 Å². The summed E-state index contributed by atoms with van der Waals surface area (Å²) in [6, 6.07) is 5.90. The fraction of sp³-hybridized carbons (Fsp3) is 0.550. The summed E-state index contributed by atoms with van der Waals surface area (Å²) in [6.45, 7) is 11.5. The van der Waals surface area contributed by atoms with Gasteiger partial charge in [-0.05, 0) is 44.0 Å². The Balaban J connectivity index is 2.14. The minimum Gasteiger partial charge on any atom is -0.424 e. The van der Waals surface area contributed by atoms with Gasteiger partial charge in [-0.25, -0.2) is 0 Å². The number of carbonyl (C=O) groups excluding carboxylic acids is 1. The highest BCUT2D eigenvalue weighted by Gasteiger charge is 2.14. The van der Waals surface area contributed by atoms with Crippen LogP contribution in [0.2, 0.25) is 0 Å². The molecule has 132 valence electrons. The molecule has 1 heterocycles. The molecule has 0 aliphatic rings. The number of benzene rings is 1. The summed E-state index contributed by atoms with van der Waals surface area (Å²) >= 11 is 0. The van der Waals surface area contributed by atoms with Crippen LogP contribution in [-0.4, -0.2) is 35.5 Å². The van der Waals surface area contributed by atoms with E-state index >= 15 is 0 Å². The Morgan fingerprint density at radius 3 is 2.50 bits per heavy atom. The summed E-state index contributed by atoms with van der Waals surface area (Å²) in [7, 11) is 0. The van der Waals surface area contributed by atoms with E-state index in [9.17, 15) is 4.79 Å². The first-order valence-electron chi connectivity index (χ1n) is 9.09. The van der Waals surface area contributed by atoms with Crippen LogP contribution < -0.4 is 4.74 Å². The Hall–Kier alpha value is -1.81. The molecular formula is C20H30N2O2. The van der Waals surface area contributed by atoms with Crippen molar-refractivity contribution in [2.75, 3.05) is 19.6 Å². The molecule has 0 saturated carbocycles. The second-order valence-electron chi connectivity index (χ2n) is 6.66. The lowest BCUT2D eigenvalue weighted by molar-refractivity contribution is -0.137. The molecule has 0 fully saturated rings. The zero-order chi connectivity index (χ0) is 17.5. The second-order valence-corrected chi connectivity index (χ2v) is 6.66. The van der Waals surface area contributed by atoms with Crippen LogP contribution in [-0.2, 0) is 11.2 Å². The van der Waals surface area contributed by atoms with Crippen molar-refractivity contribution in [1.29, 1.82) is 0 Å². The first-order chi connectivity index (χ1) is 11.6. The predicted molar refractivity (Wildman–Crippen MR) is 99.5 cm³/mol. The van der Waals surface area contributed by atoms with Crippen LogP contribution >= 0.6 is 0 Å². The molecule has 0 radical (unpaired) electrons. The predicted octanol–water partition coefficient (Wildman–Crippen LogP) is 4.39. The van der Waals surface area contributed by atoms with Crippen molar-refractivity contribution >= 4 is 16.9 Å². The molecule has 0 atom stereocenters. The lowest BCUT2D eigenvalue weighted by atomic mass is 10.1. The van der Waals surface area contributed by atoms with Gasteiger partial charge >= 0.3 is 5.97 Å². The average Bonchev–Trinajstić information content (AvgIpc) is 2.97. The number of fused-ring (bicyclic) bond motifs is 1. The zero-order valence-electron chi connectivity index (χ0n) is 15.4. The summed E-state index contributed by atoms with van der Waals surface area (Å²) in [5.41, 5.74) is 2.20. The smallest absolute Gasteiger partial charge is 0.313 e. The van der Waals surface area contributed by atoms with E-state index in [1.165, 1.54) is 18.4 Å². The van der Waals surface area contributed by atoms with Gasteiger partial charge in [-0.1, -0.05) is 39.8 Å². The van der Waals surface area contributed by atoms with Crippen LogP contribution in [0.3, 0.4) is 0 Å². The Kier molecular flexibility index (Phi) is 6.85. The van der Waals surface area contributed by atoms with Gasteiger partial charge in [0.15, 0.2) is 5.75 Å². The SMILES string of the molecule is CCCN(CCC)CCc1c[nH]c2c(OC(=O)C(C)C)cccc12. The van der Waals surface area contributed by atoms with Crippen molar-refractivity contribution in [3.63, 3.8) is 0 Å². The molecule has 0 bridgehead atoms. The number of carbonyl (C=O) groups is 1. The fourth-order valence-electron chi connectivity index (χ4n) is 2.95. The van der Waals surface area contributed by atoms with Crippen LogP contribution in [0.4, 0.5) is 0 Å². The third-order valence-corrected chi connectivity index (χ3v) is 4.22. The summed E-state index contributed by atoms with van der Waals surface area (Å²) in [4.78, 5) is 17.7. The molecule has 0 saturated heterocycles. The largest absolute Gasteiger partial charge is 0.424 e. The van der Waals surface area contributed by atoms with Crippen LogP contribution in [0.5, 0.6) is 5.75 Å². The van der Waals surface area contributed by atoms with Crippen molar-refractivity contribution in [2.24, 2.45) is 5.92 Å². The van der Waals surface area contributed by atoms with Crippen molar-refractivity contribution in [3.05, 3.63) is 30.0 Å². The standard InChI is InChI=1S/C20H30N2O2/c1-5-11-22(12-6-2)13-10-16-14-21-19-17(16)8-7-9-18(19)24-20(23)15(3)4/h7-9,14-15,21H,5-6,10-13H2,1-4H3. The van der Waals surface area contributed by atoms with Crippen molar-refractivity contribution in [1.82, 2.24) is 9.88 Å². The number of hydrogen-bond donors (Lipinski definition) is 1. The van der Waals surface area contributed by atoms with Gasteiger partial charge in [-0.15, -0.1) is 0 Å². The van der Waals surface area contributed by atoms with Gasteiger partial charge in [0.2, 0.25) is 0 Å². The molecule has 2 aromatic rings. The molecule has 0 spiro atoms. The maximum Gasteiger partial charge on any atom is 0.313 e. The number of nitrogens with zero attached hydrogens (tertiary/aromatic N) is 1. The normalized spacial score (nSPS) is 11.6. The number of H-pyrrole nitrogens is 1. The van der Waals surface area contributed by atoms with Gasteiger partial charge in [0, 0.05) is 18.1 Å². The maximum atomic E-state index is 11.9. The third kappa shape index (κ3) is 4.60. The lowest BCUT2D eigenvalue weighted by Gasteiger charge is -2.20. The summed E-state index contributed by atoms with van der Waals surface area (Å²) in [5, 5.41) is 1.15. The number of ether oxygens (including phenoxy) is 1. The Morgan fingerprint density at radius 2 is 1.88 bits per heavy atom. The molecule has 4 heteroatoms. The van der Waals surface area contributed by atoms with E-state index in [0.29, 0.717) is 5.75 Å². The van der Waals surface area contributed by atoms with Crippen LogP contribution in [0.25, 0.3) is 10.9 Å². The quantitative estimate of drug-likeness (QED) is 0.548. The van der Waals surface area contributed by atoms with E-state index in [-0.39, 0.29) is 11.9 Å². The molecule has 1 aromatic carbocycles. The van der Waals surface area contributed by atoms with E-state index in [2.05, 4.69) is 29.8 Å². The van der Waals surface area contributed by atoms with Gasteiger partial charge < -0.3 is 14.6 Å². The highest BCUT2D eigenvalue weighted by molar-refractivity contribution is 5.90. The highest BCUT2D eigenvalue weighted by Crippen LogP contribution is 2.28. The summed E-state index contributed by atoms with van der Waals surface area (Å²) in [6.07, 6.45) is 5.42. The molecule has 24 heavy (non-hydrogen) atoms. The van der Waals surface area contributed by atoms with Crippen LogP contribution in [0, 0.1) is 5.92 Å². The van der Waals surface area contributed by atoms with Gasteiger partial charge in [0.25, 0.3) is 0 Å². The molecule has 1 aromatic heterocycles. The first kappa shape index (κ1) is 18.5. The molecular weight excluding hydrogens is 300 g/mol. The molecule has 2 rings (SSSR count). The van der Waals surface area contributed by atoms with Crippen molar-refractivity contribution in [3.8, 4) is 5.75 Å². The highest BCUT2D eigenvalue weighted by atomic mass is 16.5. The summed E-state index contributed by atoms with van der Waals surface area (Å²) < 4.78 is 5.52. The van der Waals surface area contributed by atoms with E-state index in [1.807, 2.05) is 32.2 Å². The van der Waals surface area contributed by atoms with E-state index in [0.717, 1.165) is 37.0 Å². The van der Waals surface area contributed by atoms with E-state index in [1.54, 1.807) is 0 Å². The van der Waals surface area contributed by atoms with Gasteiger partial charge in [0.05, 0.1) is 11.4 Å². The number of para-hydroxylation sites is 1. The molecule has 0 aliphatic heterocycles. The van der Waals surface area contributed by atoms with Crippen molar-refractivity contribution in [2.45, 2.75) is 47.0 Å². The Bertz CT molecular complexity index is 655. The number of hydrogen-bond acceptors (Lipinski definition) is 3. The second kappa shape index (κ2) is 8.88. The minimum absolute atomic E-state index is 0.133. The monoisotopic (exact) mass is 330 g/mol. The summed E-state index contributed by atoms with van der Waals surface area (Å²) in [5.74, 6) is 0.290. The number of aromatic nitrogens is 1. The molecule has 0 amide bonds. The van der Waals surface area contributed by atoms with Crippen LogP contribution in [0.15, 0.2) is 24.4 Å². The Labute approximate surface area is 145 Å². The Morgan fingerprint density at radius 1 is 1.17 bits per heavy atom. The molecule has 1 N–H and O–H groups in total. The van der Waals surface area contributed by atoms with Crippen molar-refractivity contribution < 1.29 is 9.53 Å². The number of aromatic amines is 1. The number of rotatable bonds is 9. The van der Waals surface area contributed by atoms with E-state index < -0.39 is 0 Å². The molecule has 0 unspecified atom stereocenters. The number of nitrogens with one attached hydrogen (secondary N) is 1. The topological polar surface area (TPSA) is 45.3 Å². The maximum absolute atomic E-state index is 11.9. The van der Waals surface area contributed by atoms with E-state index in [4.69, 9.17) is 4.74 Å². The third-order valence-electron chi connectivity index (χ3n) is 4.22. The number of esters is 1. The zero-order valence-corrected chi connectivity index (χ0v) is 15.4. The first-order valence-corrected chi connectivity index (χ1v) is 9.09. The molecule has 4 nitrogen and oxygen atoms in total.